The van der Waals surface area contributed by atoms with Crippen molar-refractivity contribution in [1.29, 1.82) is 0 Å². The van der Waals surface area contributed by atoms with Crippen molar-refractivity contribution >= 4 is 17.9 Å². The molecule has 0 N–H and O–H groups in total. The number of nitrogens with zero attached hydrogens (tertiary/aromatic N) is 6. The Morgan fingerprint density at radius 3 is 2.65 bits per heavy atom. The lowest BCUT2D eigenvalue weighted by Gasteiger charge is -2.29. The van der Waals surface area contributed by atoms with Gasteiger partial charge in [-0.3, -0.25) is 14.5 Å². The van der Waals surface area contributed by atoms with Gasteiger partial charge in [0.2, 0.25) is 0 Å². The normalized spacial score (nSPS) is 14.2. The van der Waals surface area contributed by atoms with E-state index in [1.54, 1.807) is 12.4 Å². The standard InChI is InChI=1S/C23H28N6OS/c1-3-11-28-22(20-5-4-10-24-16-20)25-29(23(28)31)18-26(2)17-19-6-8-21(9-7-19)27-12-14-30-15-13-27/h3-10,16H,1,11-15,17-18H2,2H3. The van der Waals surface area contributed by atoms with E-state index in [1.165, 1.54) is 11.3 Å². The number of allylic oxidation sites excluding steroid dienone is 1. The minimum absolute atomic E-state index is 0.599. The van der Waals surface area contributed by atoms with E-state index in [0.29, 0.717) is 18.0 Å². The molecule has 7 nitrogen and oxygen atoms in total. The van der Waals surface area contributed by atoms with Crippen LogP contribution in [0.5, 0.6) is 0 Å². The van der Waals surface area contributed by atoms with Gasteiger partial charge < -0.3 is 9.64 Å². The fraction of sp³-hybridized carbons (Fsp3) is 0.348. The number of hydrogen-bond acceptors (Lipinski definition) is 6. The van der Waals surface area contributed by atoms with Crippen molar-refractivity contribution in [3.8, 4) is 11.4 Å². The van der Waals surface area contributed by atoms with Gasteiger partial charge in [0.15, 0.2) is 10.6 Å². The highest BCUT2D eigenvalue weighted by molar-refractivity contribution is 7.71. The zero-order valence-corrected chi connectivity index (χ0v) is 18.7. The third-order valence-electron chi connectivity index (χ3n) is 5.29. The van der Waals surface area contributed by atoms with E-state index >= 15 is 0 Å². The third-order valence-corrected chi connectivity index (χ3v) is 5.73. The summed E-state index contributed by atoms with van der Waals surface area (Å²) in [5.41, 5.74) is 3.45. The van der Waals surface area contributed by atoms with Gasteiger partial charge in [-0.05, 0) is 49.1 Å². The molecule has 2 aromatic heterocycles. The molecular weight excluding hydrogens is 408 g/mol. The van der Waals surface area contributed by atoms with Crippen LogP contribution in [0.4, 0.5) is 5.69 Å². The molecule has 1 aliphatic heterocycles. The van der Waals surface area contributed by atoms with Crippen LogP contribution in [0.2, 0.25) is 0 Å². The third kappa shape index (κ3) is 5.10. The summed E-state index contributed by atoms with van der Waals surface area (Å²) in [6.45, 7) is 9.36. The molecule has 0 unspecified atom stereocenters. The lowest BCUT2D eigenvalue weighted by molar-refractivity contribution is 0.122. The molecule has 4 rings (SSSR count). The van der Waals surface area contributed by atoms with Gasteiger partial charge in [-0.15, -0.1) is 6.58 Å². The Morgan fingerprint density at radius 1 is 1.19 bits per heavy atom. The number of pyridine rings is 1. The second kappa shape index (κ2) is 10.00. The minimum atomic E-state index is 0.599. The molecule has 1 saturated heterocycles. The predicted molar refractivity (Wildman–Crippen MR) is 125 cm³/mol. The first-order valence-corrected chi connectivity index (χ1v) is 10.9. The summed E-state index contributed by atoms with van der Waals surface area (Å²) in [5.74, 6) is 0.807. The van der Waals surface area contributed by atoms with Gasteiger partial charge in [-0.25, -0.2) is 4.68 Å². The molecule has 1 aliphatic rings. The van der Waals surface area contributed by atoms with Crippen LogP contribution in [-0.2, 0) is 24.5 Å². The molecule has 0 amide bonds. The molecule has 0 radical (unpaired) electrons. The average molecular weight is 437 g/mol. The van der Waals surface area contributed by atoms with Crippen molar-refractivity contribution in [2.24, 2.45) is 0 Å². The van der Waals surface area contributed by atoms with Gasteiger partial charge in [-0.2, -0.15) is 5.10 Å². The molecule has 1 fully saturated rings. The van der Waals surface area contributed by atoms with E-state index in [-0.39, 0.29) is 0 Å². The first-order chi connectivity index (χ1) is 15.2. The van der Waals surface area contributed by atoms with Gasteiger partial charge in [0.25, 0.3) is 0 Å². The molecule has 3 aromatic rings. The van der Waals surface area contributed by atoms with Crippen molar-refractivity contribution < 1.29 is 4.74 Å². The molecule has 0 bridgehead atoms. The number of anilines is 1. The van der Waals surface area contributed by atoms with Gasteiger partial charge >= 0.3 is 0 Å². The highest BCUT2D eigenvalue weighted by Gasteiger charge is 2.14. The molecule has 1 aromatic carbocycles. The maximum absolute atomic E-state index is 5.70. The van der Waals surface area contributed by atoms with Gasteiger partial charge in [0.1, 0.15) is 0 Å². The van der Waals surface area contributed by atoms with Crippen LogP contribution in [0, 0.1) is 4.77 Å². The predicted octanol–water partition coefficient (Wildman–Crippen LogP) is 3.59. The SMILES string of the molecule is C=CCn1c(-c2cccnc2)nn(CN(C)Cc2ccc(N3CCOCC3)cc2)c1=S. The van der Waals surface area contributed by atoms with Crippen molar-refractivity contribution in [2.45, 2.75) is 19.8 Å². The molecule has 0 saturated carbocycles. The Balaban J connectivity index is 1.46. The number of aromatic nitrogens is 4. The lowest BCUT2D eigenvalue weighted by atomic mass is 10.2. The average Bonchev–Trinajstić information content (AvgIpc) is 3.11. The summed E-state index contributed by atoms with van der Waals surface area (Å²) in [7, 11) is 2.08. The van der Waals surface area contributed by atoms with Crippen LogP contribution < -0.4 is 4.90 Å². The van der Waals surface area contributed by atoms with Gasteiger partial charge in [0, 0.05) is 49.8 Å². The van der Waals surface area contributed by atoms with E-state index in [2.05, 4.69) is 52.7 Å². The molecule has 31 heavy (non-hydrogen) atoms. The molecule has 3 heterocycles. The van der Waals surface area contributed by atoms with E-state index in [0.717, 1.165) is 44.2 Å². The minimum Gasteiger partial charge on any atom is -0.378 e. The smallest absolute Gasteiger partial charge is 0.199 e. The Kier molecular flexibility index (Phi) is 6.91. The largest absolute Gasteiger partial charge is 0.378 e. The van der Waals surface area contributed by atoms with Gasteiger partial charge in [-0.1, -0.05) is 18.2 Å². The summed E-state index contributed by atoms with van der Waals surface area (Å²) in [4.78, 5) is 8.79. The van der Waals surface area contributed by atoms with Crippen LogP contribution in [0.15, 0.2) is 61.4 Å². The molecule has 0 aliphatic carbocycles. The fourth-order valence-electron chi connectivity index (χ4n) is 3.76. The van der Waals surface area contributed by atoms with Crippen molar-refractivity contribution in [2.75, 3.05) is 38.3 Å². The van der Waals surface area contributed by atoms with Crippen LogP contribution in [0.3, 0.4) is 0 Å². The highest BCUT2D eigenvalue weighted by Crippen LogP contribution is 2.19. The topological polar surface area (TPSA) is 51.4 Å². The van der Waals surface area contributed by atoms with Crippen LogP contribution in [0.25, 0.3) is 11.4 Å². The second-order valence-corrected chi connectivity index (χ2v) is 8.03. The van der Waals surface area contributed by atoms with Crippen molar-refractivity contribution in [3.63, 3.8) is 0 Å². The summed E-state index contributed by atoms with van der Waals surface area (Å²) in [5, 5.41) is 4.78. The molecule has 0 atom stereocenters. The first kappa shape index (κ1) is 21.4. The summed E-state index contributed by atoms with van der Waals surface area (Å²) in [6.07, 6.45) is 5.40. The maximum Gasteiger partial charge on any atom is 0.199 e. The van der Waals surface area contributed by atoms with Crippen LogP contribution in [-0.4, -0.2) is 57.6 Å². The quantitative estimate of drug-likeness (QED) is 0.397. The van der Waals surface area contributed by atoms with E-state index in [1.807, 2.05) is 27.5 Å². The highest BCUT2D eigenvalue weighted by atomic mass is 32.1. The number of rotatable bonds is 8. The fourth-order valence-corrected chi connectivity index (χ4v) is 4.02. The second-order valence-electron chi connectivity index (χ2n) is 7.67. The van der Waals surface area contributed by atoms with Crippen LogP contribution in [0.1, 0.15) is 5.56 Å². The Bertz CT molecular complexity index is 1050. The number of hydrogen-bond donors (Lipinski definition) is 0. The molecular formula is C23H28N6OS. The zero-order chi connectivity index (χ0) is 21.6. The Morgan fingerprint density at radius 2 is 1.97 bits per heavy atom. The number of ether oxygens (including phenoxy) is 1. The maximum atomic E-state index is 5.70. The Hall–Kier alpha value is -2.81. The summed E-state index contributed by atoms with van der Waals surface area (Å²) >= 11 is 5.70. The van der Waals surface area contributed by atoms with E-state index < -0.39 is 0 Å². The lowest BCUT2D eigenvalue weighted by Crippen LogP contribution is -2.36. The van der Waals surface area contributed by atoms with Crippen LogP contribution >= 0.6 is 12.2 Å². The Labute approximate surface area is 188 Å². The van der Waals surface area contributed by atoms with Crippen molar-refractivity contribution in [1.82, 2.24) is 24.2 Å². The van der Waals surface area contributed by atoms with Crippen molar-refractivity contribution in [3.05, 3.63) is 71.8 Å². The number of morpholine rings is 1. The molecule has 0 spiro atoms. The monoisotopic (exact) mass is 436 g/mol. The summed E-state index contributed by atoms with van der Waals surface area (Å²) in [6, 6.07) is 12.7. The molecule has 162 valence electrons. The number of benzene rings is 1. The van der Waals surface area contributed by atoms with Gasteiger partial charge in [0.05, 0.1) is 19.9 Å². The van der Waals surface area contributed by atoms with E-state index in [9.17, 15) is 0 Å². The molecule has 8 heteroatoms. The first-order valence-electron chi connectivity index (χ1n) is 10.4. The zero-order valence-electron chi connectivity index (χ0n) is 17.9. The summed E-state index contributed by atoms with van der Waals surface area (Å²) < 4.78 is 9.97. The van der Waals surface area contributed by atoms with E-state index in [4.69, 9.17) is 22.1 Å².